The minimum absolute atomic E-state index is 0.0363. The zero-order valence-electron chi connectivity index (χ0n) is 17.9. The molecule has 2 N–H and O–H groups in total. The number of H-pyrrole nitrogens is 1. The van der Waals surface area contributed by atoms with Crippen LogP contribution in [0.3, 0.4) is 0 Å². The van der Waals surface area contributed by atoms with E-state index >= 15 is 0 Å². The van der Waals surface area contributed by atoms with Gasteiger partial charge in [-0.2, -0.15) is 0 Å². The number of hydrogen-bond acceptors (Lipinski definition) is 4. The van der Waals surface area contributed by atoms with E-state index in [1.165, 1.54) is 6.92 Å². The Labute approximate surface area is 182 Å². The molecule has 7 heteroatoms. The summed E-state index contributed by atoms with van der Waals surface area (Å²) in [5, 5.41) is 3.94. The Morgan fingerprint density at radius 2 is 1.87 bits per heavy atom. The van der Waals surface area contributed by atoms with Gasteiger partial charge in [0, 0.05) is 68.4 Å². The zero-order chi connectivity index (χ0) is 21.8. The second kappa shape index (κ2) is 9.12. The third-order valence-electron chi connectivity index (χ3n) is 5.78. The molecule has 2 heterocycles. The van der Waals surface area contributed by atoms with Crippen LogP contribution in [0, 0.1) is 0 Å². The average molecular weight is 421 g/mol. The van der Waals surface area contributed by atoms with Crippen molar-refractivity contribution in [3.8, 4) is 5.75 Å². The third-order valence-corrected chi connectivity index (χ3v) is 5.78. The van der Waals surface area contributed by atoms with E-state index in [1.807, 2.05) is 53.6 Å². The SMILES string of the molecule is COc1cccc(N2CCN(C(=O)C(Cc3c[nH]c4ccccc34)NC(C)=O)CC2)c1. The predicted molar refractivity (Wildman–Crippen MR) is 121 cm³/mol. The number of carbonyl (C=O) groups excluding carboxylic acids is 2. The minimum Gasteiger partial charge on any atom is -0.497 e. The summed E-state index contributed by atoms with van der Waals surface area (Å²) in [4.78, 5) is 32.5. The number of hydrogen-bond donors (Lipinski definition) is 2. The summed E-state index contributed by atoms with van der Waals surface area (Å²) in [5.41, 5.74) is 3.14. The zero-order valence-corrected chi connectivity index (χ0v) is 17.9. The highest BCUT2D eigenvalue weighted by Crippen LogP contribution is 2.23. The van der Waals surface area contributed by atoms with Crippen LogP contribution >= 0.6 is 0 Å². The number of amides is 2. The van der Waals surface area contributed by atoms with E-state index in [-0.39, 0.29) is 11.8 Å². The largest absolute Gasteiger partial charge is 0.497 e. The van der Waals surface area contributed by atoms with Crippen LogP contribution in [0.5, 0.6) is 5.75 Å². The minimum atomic E-state index is -0.583. The molecule has 0 spiro atoms. The van der Waals surface area contributed by atoms with Gasteiger partial charge in [0.2, 0.25) is 11.8 Å². The molecule has 1 aliphatic heterocycles. The fourth-order valence-corrected chi connectivity index (χ4v) is 4.18. The number of fused-ring (bicyclic) bond motifs is 1. The fourth-order valence-electron chi connectivity index (χ4n) is 4.18. The Morgan fingerprint density at radius 1 is 1.10 bits per heavy atom. The molecule has 7 nitrogen and oxygen atoms in total. The molecular weight excluding hydrogens is 392 g/mol. The van der Waals surface area contributed by atoms with E-state index in [0.29, 0.717) is 19.5 Å². The Hall–Kier alpha value is -3.48. The molecule has 1 aromatic heterocycles. The number of benzene rings is 2. The molecular formula is C24H28N4O3. The van der Waals surface area contributed by atoms with Crippen molar-refractivity contribution in [1.29, 1.82) is 0 Å². The molecule has 0 aliphatic carbocycles. The monoisotopic (exact) mass is 420 g/mol. The highest BCUT2D eigenvalue weighted by atomic mass is 16.5. The first-order valence-corrected chi connectivity index (χ1v) is 10.5. The van der Waals surface area contributed by atoms with Crippen LogP contribution in [0.25, 0.3) is 10.9 Å². The summed E-state index contributed by atoms with van der Waals surface area (Å²) < 4.78 is 5.32. The van der Waals surface area contributed by atoms with Gasteiger partial charge < -0.3 is 24.8 Å². The molecule has 31 heavy (non-hydrogen) atoms. The van der Waals surface area contributed by atoms with Gasteiger partial charge in [-0.1, -0.05) is 24.3 Å². The highest BCUT2D eigenvalue weighted by molar-refractivity contribution is 5.89. The first-order chi connectivity index (χ1) is 15.0. The average Bonchev–Trinajstić information content (AvgIpc) is 3.21. The topological polar surface area (TPSA) is 77.7 Å². The molecule has 3 aromatic rings. The maximum absolute atomic E-state index is 13.3. The molecule has 1 saturated heterocycles. The molecule has 1 atom stereocenters. The van der Waals surface area contributed by atoms with Crippen LogP contribution in [-0.2, 0) is 16.0 Å². The molecule has 2 amide bonds. The van der Waals surface area contributed by atoms with Crippen molar-refractivity contribution in [2.24, 2.45) is 0 Å². The molecule has 1 aliphatic rings. The van der Waals surface area contributed by atoms with Crippen LogP contribution in [0.2, 0.25) is 0 Å². The quantitative estimate of drug-likeness (QED) is 0.643. The number of aromatic amines is 1. The molecule has 1 fully saturated rings. The summed E-state index contributed by atoms with van der Waals surface area (Å²) in [6.45, 7) is 4.15. The van der Waals surface area contributed by atoms with Gasteiger partial charge >= 0.3 is 0 Å². The summed E-state index contributed by atoms with van der Waals surface area (Å²) in [6, 6.07) is 15.4. The second-order valence-corrected chi connectivity index (χ2v) is 7.83. The Kier molecular flexibility index (Phi) is 6.11. The molecule has 0 saturated carbocycles. The summed E-state index contributed by atoms with van der Waals surface area (Å²) in [5.74, 6) is 0.583. The lowest BCUT2D eigenvalue weighted by Crippen LogP contribution is -2.55. The standard InChI is InChI=1S/C24H28N4O3/c1-17(29)26-23(14-18-16-25-22-9-4-3-8-21(18)22)24(30)28-12-10-27(11-13-28)19-6-5-7-20(15-19)31-2/h3-9,15-16,23,25H,10-14H2,1-2H3,(H,26,29). The third kappa shape index (κ3) is 4.66. The number of para-hydroxylation sites is 1. The maximum atomic E-state index is 13.3. The fraction of sp³-hybridized carbons (Fsp3) is 0.333. The van der Waals surface area contributed by atoms with Crippen LogP contribution in [0.1, 0.15) is 12.5 Å². The van der Waals surface area contributed by atoms with Crippen molar-refractivity contribution in [2.75, 3.05) is 38.2 Å². The molecule has 0 radical (unpaired) electrons. The van der Waals surface area contributed by atoms with Gasteiger partial charge in [0.25, 0.3) is 0 Å². The highest BCUT2D eigenvalue weighted by Gasteiger charge is 2.29. The lowest BCUT2D eigenvalue weighted by atomic mass is 10.0. The van der Waals surface area contributed by atoms with E-state index in [0.717, 1.165) is 41.0 Å². The van der Waals surface area contributed by atoms with Crippen molar-refractivity contribution in [1.82, 2.24) is 15.2 Å². The Morgan fingerprint density at radius 3 is 2.61 bits per heavy atom. The van der Waals surface area contributed by atoms with Crippen molar-refractivity contribution >= 4 is 28.4 Å². The predicted octanol–water partition coefficient (Wildman–Crippen LogP) is 2.57. The van der Waals surface area contributed by atoms with Gasteiger partial charge in [-0.25, -0.2) is 0 Å². The Balaban J connectivity index is 1.44. The normalized spacial score (nSPS) is 15.0. The van der Waals surface area contributed by atoms with Gasteiger partial charge in [-0.15, -0.1) is 0 Å². The maximum Gasteiger partial charge on any atom is 0.245 e. The molecule has 0 bridgehead atoms. The summed E-state index contributed by atoms with van der Waals surface area (Å²) >= 11 is 0. The first kappa shape index (κ1) is 20.8. The van der Waals surface area contributed by atoms with Crippen molar-refractivity contribution in [3.05, 3.63) is 60.3 Å². The number of piperazine rings is 1. The summed E-state index contributed by atoms with van der Waals surface area (Å²) in [7, 11) is 1.66. The number of ether oxygens (including phenoxy) is 1. The van der Waals surface area contributed by atoms with E-state index < -0.39 is 6.04 Å². The number of anilines is 1. The van der Waals surface area contributed by atoms with E-state index in [1.54, 1.807) is 7.11 Å². The van der Waals surface area contributed by atoms with Crippen LogP contribution < -0.4 is 15.0 Å². The van der Waals surface area contributed by atoms with Gasteiger partial charge in [0.1, 0.15) is 11.8 Å². The van der Waals surface area contributed by atoms with Gasteiger partial charge in [0.05, 0.1) is 7.11 Å². The number of nitrogens with one attached hydrogen (secondary N) is 2. The second-order valence-electron chi connectivity index (χ2n) is 7.83. The number of rotatable bonds is 6. The van der Waals surface area contributed by atoms with Crippen molar-refractivity contribution < 1.29 is 14.3 Å². The number of aromatic nitrogens is 1. The van der Waals surface area contributed by atoms with Crippen LogP contribution in [0.15, 0.2) is 54.7 Å². The van der Waals surface area contributed by atoms with E-state index in [9.17, 15) is 9.59 Å². The van der Waals surface area contributed by atoms with Crippen LogP contribution in [-0.4, -0.2) is 61.0 Å². The van der Waals surface area contributed by atoms with Crippen molar-refractivity contribution in [2.45, 2.75) is 19.4 Å². The lowest BCUT2D eigenvalue weighted by molar-refractivity contribution is -0.136. The Bertz CT molecular complexity index is 1070. The lowest BCUT2D eigenvalue weighted by Gasteiger charge is -2.37. The van der Waals surface area contributed by atoms with Crippen molar-refractivity contribution in [3.63, 3.8) is 0 Å². The summed E-state index contributed by atoms with van der Waals surface area (Å²) in [6.07, 6.45) is 2.38. The smallest absolute Gasteiger partial charge is 0.245 e. The van der Waals surface area contributed by atoms with Crippen LogP contribution in [0.4, 0.5) is 5.69 Å². The van der Waals surface area contributed by atoms with E-state index in [4.69, 9.17) is 4.74 Å². The molecule has 162 valence electrons. The first-order valence-electron chi connectivity index (χ1n) is 10.5. The molecule has 2 aromatic carbocycles. The molecule has 1 unspecified atom stereocenters. The number of methoxy groups -OCH3 is 1. The number of carbonyl (C=O) groups is 2. The molecule has 4 rings (SSSR count). The van der Waals surface area contributed by atoms with E-state index in [2.05, 4.69) is 21.3 Å². The van der Waals surface area contributed by atoms with Gasteiger partial charge in [-0.3, -0.25) is 9.59 Å². The van der Waals surface area contributed by atoms with Gasteiger partial charge in [0.15, 0.2) is 0 Å². The van der Waals surface area contributed by atoms with Gasteiger partial charge in [-0.05, 0) is 23.8 Å². The number of nitrogens with zero attached hydrogens (tertiary/aromatic N) is 2.